The van der Waals surface area contributed by atoms with Gasteiger partial charge in [-0.3, -0.25) is 9.69 Å². The summed E-state index contributed by atoms with van der Waals surface area (Å²) in [4.78, 5) is 16.9. The predicted molar refractivity (Wildman–Crippen MR) is 116 cm³/mol. The molecule has 1 amide bonds. The van der Waals surface area contributed by atoms with E-state index in [1.54, 1.807) is 13.0 Å². The summed E-state index contributed by atoms with van der Waals surface area (Å²) in [7, 11) is 2.05. The summed E-state index contributed by atoms with van der Waals surface area (Å²) in [6.07, 6.45) is 2.00. The van der Waals surface area contributed by atoms with Gasteiger partial charge >= 0.3 is 0 Å². The maximum Gasteiger partial charge on any atom is 0.276 e. The molecular weight excluding hydrogens is 392 g/mol. The summed E-state index contributed by atoms with van der Waals surface area (Å²) in [5, 5.41) is 12.7. The van der Waals surface area contributed by atoms with E-state index in [0.29, 0.717) is 24.5 Å². The standard InChI is InChI=1S/C23H24N6O2/c1-15-4-6-17(7-5-15)18-8-9-20-22(24-26-29(20)13-18)21-14-28(11-10-27(21)3)23(30)19-12-16(2)31-25-19/h4-9,12-13,21H,10-11,14H2,1-3H3/t21-/m1/s1. The van der Waals surface area contributed by atoms with E-state index in [1.807, 2.05) is 15.6 Å². The van der Waals surface area contributed by atoms with Crippen LogP contribution in [-0.2, 0) is 0 Å². The van der Waals surface area contributed by atoms with Gasteiger partial charge in [0.1, 0.15) is 11.5 Å². The number of piperazine rings is 1. The number of pyridine rings is 1. The predicted octanol–water partition coefficient (Wildman–Crippen LogP) is 3.13. The number of amides is 1. The molecule has 1 aliphatic rings. The van der Waals surface area contributed by atoms with E-state index in [9.17, 15) is 4.79 Å². The molecular formula is C23H24N6O2. The average molecular weight is 416 g/mol. The third-order valence-corrected chi connectivity index (χ3v) is 5.92. The van der Waals surface area contributed by atoms with Gasteiger partial charge in [-0.1, -0.05) is 46.3 Å². The first kappa shape index (κ1) is 19.4. The Balaban J connectivity index is 1.43. The Morgan fingerprint density at radius 3 is 2.58 bits per heavy atom. The minimum Gasteiger partial charge on any atom is -0.361 e. The number of hydrogen-bond donors (Lipinski definition) is 0. The highest BCUT2D eigenvalue weighted by Gasteiger charge is 2.32. The molecule has 1 saturated heterocycles. The minimum atomic E-state index is -0.118. The van der Waals surface area contributed by atoms with Gasteiger partial charge in [-0.15, -0.1) is 5.10 Å². The number of hydrogen-bond acceptors (Lipinski definition) is 6. The smallest absolute Gasteiger partial charge is 0.276 e. The van der Waals surface area contributed by atoms with Crippen molar-refractivity contribution in [3.8, 4) is 11.1 Å². The van der Waals surface area contributed by atoms with Crippen LogP contribution in [0.25, 0.3) is 16.6 Å². The zero-order valence-corrected chi connectivity index (χ0v) is 17.8. The third kappa shape index (κ3) is 3.59. The summed E-state index contributed by atoms with van der Waals surface area (Å²) < 4.78 is 6.89. The van der Waals surface area contributed by atoms with Crippen LogP contribution in [0.5, 0.6) is 0 Å². The molecule has 4 aromatic rings. The van der Waals surface area contributed by atoms with Gasteiger partial charge in [-0.2, -0.15) is 0 Å². The molecule has 0 aliphatic carbocycles. The third-order valence-electron chi connectivity index (χ3n) is 5.92. The van der Waals surface area contributed by atoms with Gasteiger partial charge in [-0.05, 0) is 32.5 Å². The largest absolute Gasteiger partial charge is 0.361 e. The highest BCUT2D eigenvalue weighted by Crippen LogP contribution is 2.28. The topological polar surface area (TPSA) is 79.8 Å². The summed E-state index contributed by atoms with van der Waals surface area (Å²) in [5.74, 6) is 0.510. The fourth-order valence-electron chi connectivity index (χ4n) is 4.05. The van der Waals surface area contributed by atoms with Crippen molar-refractivity contribution in [3.63, 3.8) is 0 Å². The minimum absolute atomic E-state index is 0.0478. The number of aromatic nitrogens is 4. The maximum absolute atomic E-state index is 12.9. The first-order valence-corrected chi connectivity index (χ1v) is 10.3. The van der Waals surface area contributed by atoms with E-state index < -0.39 is 0 Å². The number of benzene rings is 1. The number of aryl methyl sites for hydroxylation is 2. The second-order valence-corrected chi connectivity index (χ2v) is 8.16. The van der Waals surface area contributed by atoms with E-state index in [4.69, 9.17) is 4.52 Å². The molecule has 5 rings (SSSR count). The number of nitrogens with zero attached hydrogens (tertiary/aromatic N) is 6. The number of fused-ring (bicyclic) bond motifs is 1. The Bertz CT molecular complexity index is 1240. The van der Waals surface area contributed by atoms with Crippen molar-refractivity contribution in [2.24, 2.45) is 0 Å². The van der Waals surface area contributed by atoms with Crippen LogP contribution >= 0.6 is 0 Å². The van der Waals surface area contributed by atoms with Crippen LogP contribution in [-0.4, -0.2) is 62.4 Å². The van der Waals surface area contributed by atoms with Crippen molar-refractivity contribution < 1.29 is 9.32 Å². The Labute approximate surface area is 180 Å². The Hall–Kier alpha value is -3.52. The number of carbonyl (C=O) groups excluding carboxylic acids is 1. The summed E-state index contributed by atoms with van der Waals surface area (Å²) >= 11 is 0. The molecule has 0 bridgehead atoms. The van der Waals surface area contributed by atoms with Gasteiger partial charge in [0.05, 0.1) is 11.6 Å². The van der Waals surface area contributed by atoms with Gasteiger partial charge in [0.25, 0.3) is 5.91 Å². The van der Waals surface area contributed by atoms with E-state index in [-0.39, 0.29) is 11.9 Å². The molecule has 8 heteroatoms. The highest BCUT2D eigenvalue weighted by atomic mass is 16.5. The van der Waals surface area contributed by atoms with Crippen LogP contribution in [0.2, 0.25) is 0 Å². The highest BCUT2D eigenvalue weighted by molar-refractivity contribution is 5.92. The second kappa shape index (κ2) is 7.63. The van der Waals surface area contributed by atoms with Crippen LogP contribution < -0.4 is 0 Å². The van der Waals surface area contributed by atoms with Crippen molar-refractivity contribution in [2.75, 3.05) is 26.7 Å². The maximum atomic E-state index is 12.9. The molecule has 0 spiro atoms. The van der Waals surface area contributed by atoms with Crippen LogP contribution in [0, 0.1) is 13.8 Å². The quantitative estimate of drug-likeness (QED) is 0.511. The van der Waals surface area contributed by atoms with Gasteiger partial charge < -0.3 is 9.42 Å². The van der Waals surface area contributed by atoms with Crippen molar-refractivity contribution >= 4 is 11.4 Å². The second-order valence-electron chi connectivity index (χ2n) is 8.16. The van der Waals surface area contributed by atoms with Crippen LogP contribution in [0.4, 0.5) is 0 Å². The van der Waals surface area contributed by atoms with Crippen LogP contribution in [0.3, 0.4) is 0 Å². The van der Waals surface area contributed by atoms with Crippen molar-refractivity contribution in [2.45, 2.75) is 19.9 Å². The first-order chi connectivity index (χ1) is 15.0. The summed E-state index contributed by atoms with van der Waals surface area (Å²) in [6, 6.07) is 14.2. The van der Waals surface area contributed by atoms with Gasteiger partial charge in [0.2, 0.25) is 0 Å². The zero-order valence-electron chi connectivity index (χ0n) is 17.8. The molecule has 158 valence electrons. The molecule has 3 aromatic heterocycles. The molecule has 0 saturated carbocycles. The zero-order chi connectivity index (χ0) is 21.5. The monoisotopic (exact) mass is 416 g/mol. The Morgan fingerprint density at radius 2 is 1.84 bits per heavy atom. The van der Waals surface area contributed by atoms with Crippen LogP contribution in [0.15, 0.2) is 53.2 Å². The molecule has 1 atom stereocenters. The number of carbonyl (C=O) groups is 1. The van der Waals surface area contributed by atoms with Gasteiger partial charge in [-0.25, -0.2) is 4.52 Å². The van der Waals surface area contributed by atoms with Gasteiger partial charge in [0.15, 0.2) is 5.69 Å². The van der Waals surface area contributed by atoms with Crippen molar-refractivity contribution in [1.82, 2.24) is 29.8 Å². The summed E-state index contributed by atoms with van der Waals surface area (Å²) in [5.41, 5.74) is 5.61. The lowest BCUT2D eigenvalue weighted by atomic mass is 10.0. The molecule has 0 unspecified atom stereocenters. The number of rotatable bonds is 3. The SMILES string of the molecule is Cc1ccc(-c2ccc3c([C@H]4CN(C(=O)c5cc(C)on5)CCN4C)nnn3c2)cc1. The molecule has 1 aromatic carbocycles. The molecule has 0 N–H and O–H groups in total. The lowest BCUT2D eigenvalue weighted by Crippen LogP contribution is -2.49. The molecule has 1 fully saturated rings. The van der Waals surface area contributed by atoms with Crippen LogP contribution in [0.1, 0.15) is 33.5 Å². The first-order valence-electron chi connectivity index (χ1n) is 10.3. The Morgan fingerprint density at radius 1 is 1.06 bits per heavy atom. The van der Waals surface area contributed by atoms with Gasteiger partial charge in [0, 0.05) is 37.5 Å². The van der Waals surface area contributed by atoms with E-state index in [0.717, 1.165) is 28.9 Å². The molecule has 8 nitrogen and oxygen atoms in total. The Kier molecular flexibility index (Phi) is 4.78. The van der Waals surface area contributed by atoms with E-state index in [1.165, 1.54) is 5.56 Å². The normalized spacial score (nSPS) is 17.4. The lowest BCUT2D eigenvalue weighted by molar-refractivity contribution is 0.0532. The van der Waals surface area contributed by atoms with Crippen molar-refractivity contribution in [3.05, 3.63) is 71.4 Å². The average Bonchev–Trinajstić information content (AvgIpc) is 3.40. The lowest BCUT2D eigenvalue weighted by Gasteiger charge is -2.38. The van der Waals surface area contributed by atoms with Crippen molar-refractivity contribution in [1.29, 1.82) is 0 Å². The fourth-order valence-corrected chi connectivity index (χ4v) is 4.05. The molecule has 31 heavy (non-hydrogen) atoms. The van der Waals surface area contributed by atoms with E-state index in [2.05, 4.69) is 70.7 Å². The number of likely N-dealkylation sites (N-methyl/N-ethyl adjacent to an activating group) is 1. The summed E-state index contributed by atoms with van der Waals surface area (Å²) in [6.45, 7) is 5.76. The van der Waals surface area contributed by atoms with E-state index >= 15 is 0 Å². The fraction of sp³-hybridized carbons (Fsp3) is 0.304. The molecule has 4 heterocycles. The molecule has 0 radical (unpaired) electrons. The molecule has 1 aliphatic heterocycles.